The lowest BCUT2D eigenvalue weighted by Crippen LogP contribution is -2.53. The minimum absolute atomic E-state index is 0.0974. The van der Waals surface area contributed by atoms with Gasteiger partial charge in [0, 0.05) is 26.8 Å². The van der Waals surface area contributed by atoms with E-state index in [9.17, 15) is 0 Å². The molecule has 2 rings (SSSR count). The molecule has 19 heavy (non-hydrogen) atoms. The second-order valence-electron chi connectivity index (χ2n) is 5.27. The first-order chi connectivity index (χ1) is 9.21. The Morgan fingerprint density at radius 2 is 2.21 bits per heavy atom. The van der Waals surface area contributed by atoms with E-state index in [2.05, 4.69) is 17.9 Å². The molecule has 0 radical (unpaired) electrons. The maximum atomic E-state index is 6.05. The zero-order valence-corrected chi connectivity index (χ0v) is 11.9. The summed E-state index contributed by atoms with van der Waals surface area (Å²) in [6, 6.07) is 8.20. The normalized spacial score (nSPS) is 18.2. The third-order valence-electron chi connectivity index (χ3n) is 3.88. The third kappa shape index (κ3) is 3.01. The Bertz CT molecular complexity index is 411. The van der Waals surface area contributed by atoms with Crippen LogP contribution in [0.2, 0.25) is 0 Å². The van der Waals surface area contributed by atoms with Crippen LogP contribution in [0, 0.1) is 0 Å². The van der Waals surface area contributed by atoms with Gasteiger partial charge in [-0.3, -0.25) is 0 Å². The molecule has 1 atom stereocenters. The van der Waals surface area contributed by atoms with Gasteiger partial charge in [0.1, 0.15) is 5.75 Å². The molecule has 0 amide bonds. The number of anilines is 1. The van der Waals surface area contributed by atoms with Gasteiger partial charge in [-0.2, -0.15) is 0 Å². The maximum Gasteiger partial charge on any atom is 0.142 e. The number of hydrogen-bond donors (Lipinski definition) is 1. The van der Waals surface area contributed by atoms with E-state index in [0.717, 1.165) is 37.4 Å². The summed E-state index contributed by atoms with van der Waals surface area (Å²) >= 11 is 0. The lowest BCUT2D eigenvalue weighted by molar-refractivity contribution is 0.170. The molecule has 1 unspecified atom stereocenters. The number of benzene rings is 1. The monoisotopic (exact) mass is 264 g/mol. The molecule has 0 saturated heterocycles. The molecule has 0 aliphatic carbocycles. The molecule has 1 aromatic rings. The van der Waals surface area contributed by atoms with E-state index in [1.165, 1.54) is 0 Å². The van der Waals surface area contributed by atoms with E-state index in [1.807, 2.05) is 18.2 Å². The molecule has 1 heterocycles. The van der Waals surface area contributed by atoms with Gasteiger partial charge in [-0.1, -0.05) is 12.1 Å². The van der Waals surface area contributed by atoms with Crippen LogP contribution in [0.15, 0.2) is 24.3 Å². The van der Waals surface area contributed by atoms with Gasteiger partial charge in [0.25, 0.3) is 0 Å². The zero-order valence-electron chi connectivity index (χ0n) is 11.9. The van der Waals surface area contributed by atoms with Crippen molar-refractivity contribution >= 4 is 5.69 Å². The third-order valence-corrected chi connectivity index (χ3v) is 3.88. The Hall–Kier alpha value is -1.26. The summed E-state index contributed by atoms with van der Waals surface area (Å²) in [6.45, 7) is 5.25. The summed E-state index contributed by atoms with van der Waals surface area (Å²) in [5.41, 5.74) is 7.09. The predicted octanol–water partition coefficient (Wildman–Crippen LogP) is 2.03. The number of fused-ring (bicyclic) bond motifs is 1. The molecule has 106 valence electrons. The first-order valence-electron chi connectivity index (χ1n) is 6.90. The van der Waals surface area contributed by atoms with E-state index >= 15 is 0 Å². The highest BCUT2D eigenvalue weighted by Crippen LogP contribution is 2.36. The molecule has 4 nitrogen and oxygen atoms in total. The fraction of sp³-hybridized carbons (Fsp3) is 0.600. The summed E-state index contributed by atoms with van der Waals surface area (Å²) in [6.07, 6.45) is 1.92. The van der Waals surface area contributed by atoms with Crippen molar-refractivity contribution in [3.05, 3.63) is 24.3 Å². The fourth-order valence-corrected chi connectivity index (χ4v) is 2.56. The van der Waals surface area contributed by atoms with Crippen LogP contribution in [0.3, 0.4) is 0 Å². The van der Waals surface area contributed by atoms with E-state index < -0.39 is 0 Å². The summed E-state index contributed by atoms with van der Waals surface area (Å²) in [5, 5.41) is 0. The van der Waals surface area contributed by atoms with Crippen LogP contribution >= 0.6 is 0 Å². The quantitative estimate of drug-likeness (QED) is 0.884. The highest BCUT2D eigenvalue weighted by Gasteiger charge is 2.32. The maximum absolute atomic E-state index is 6.05. The molecule has 1 aliphatic heterocycles. The second kappa shape index (κ2) is 6.26. The lowest BCUT2D eigenvalue weighted by atomic mass is 9.94. The smallest absolute Gasteiger partial charge is 0.142 e. The zero-order chi connectivity index (χ0) is 13.7. The van der Waals surface area contributed by atoms with E-state index in [1.54, 1.807) is 7.11 Å². The van der Waals surface area contributed by atoms with Gasteiger partial charge in [-0.25, -0.2) is 0 Å². The molecular weight excluding hydrogens is 240 g/mol. The van der Waals surface area contributed by atoms with Gasteiger partial charge in [0.05, 0.1) is 17.8 Å². The minimum atomic E-state index is -0.0974. The van der Waals surface area contributed by atoms with Gasteiger partial charge >= 0.3 is 0 Å². The molecule has 1 aliphatic rings. The van der Waals surface area contributed by atoms with Crippen molar-refractivity contribution < 1.29 is 9.47 Å². The average Bonchev–Trinajstić information content (AvgIpc) is 2.67. The molecule has 1 aromatic carbocycles. The number of ether oxygens (including phenoxy) is 2. The van der Waals surface area contributed by atoms with Crippen molar-refractivity contribution in [1.29, 1.82) is 0 Å². The van der Waals surface area contributed by atoms with Gasteiger partial charge in [0.2, 0.25) is 0 Å². The van der Waals surface area contributed by atoms with E-state index in [0.29, 0.717) is 13.2 Å². The topological polar surface area (TPSA) is 47.7 Å². The Kier molecular flexibility index (Phi) is 4.66. The highest BCUT2D eigenvalue weighted by molar-refractivity contribution is 5.60. The average molecular weight is 264 g/mol. The van der Waals surface area contributed by atoms with Crippen molar-refractivity contribution in [3.8, 4) is 5.75 Å². The van der Waals surface area contributed by atoms with Crippen molar-refractivity contribution in [2.45, 2.75) is 25.3 Å². The molecule has 2 N–H and O–H groups in total. The Morgan fingerprint density at radius 3 is 2.95 bits per heavy atom. The lowest BCUT2D eigenvalue weighted by Gasteiger charge is -2.42. The van der Waals surface area contributed by atoms with Crippen LogP contribution in [0.25, 0.3) is 0 Å². The number of nitrogens with two attached hydrogens (primary N) is 1. The Labute approximate surface area is 115 Å². The molecule has 0 saturated carbocycles. The highest BCUT2D eigenvalue weighted by atomic mass is 16.5. The standard InChI is InChI=1S/C15H24N2O2/c1-15(12-16,8-11-18-2)17-9-5-10-19-14-7-4-3-6-13(14)17/h3-4,6-7H,5,8-12,16H2,1-2H3. The molecule has 0 bridgehead atoms. The van der Waals surface area contributed by atoms with Crippen molar-refractivity contribution in [3.63, 3.8) is 0 Å². The van der Waals surface area contributed by atoms with Crippen molar-refractivity contribution in [1.82, 2.24) is 0 Å². The van der Waals surface area contributed by atoms with Crippen LogP contribution in [0.1, 0.15) is 19.8 Å². The van der Waals surface area contributed by atoms with Gasteiger partial charge in [-0.15, -0.1) is 0 Å². The van der Waals surface area contributed by atoms with Gasteiger partial charge in [-0.05, 0) is 31.9 Å². The SMILES string of the molecule is COCCC(C)(CN)N1CCCOc2ccccc21. The van der Waals surface area contributed by atoms with E-state index in [-0.39, 0.29) is 5.54 Å². The number of para-hydroxylation sites is 2. The minimum Gasteiger partial charge on any atom is -0.491 e. The Morgan fingerprint density at radius 1 is 1.42 bits per heavy atom. The van der Waals surface area contributed by atoms with Crippen LogP contribution in [-0.2, 0) is 4.74 Å². The number of hydrogen-bond acceptors (Lipinski definition) is 4. The summed E-state index contributed by atoms with van der Waals surface area (Å²) in [5.74, 6) is 0.956. The van der Waals surface area contributed by atoms with Crippen molar-refractivity contribution in [2.75, 3.05) is 38.3 Å². The second-order valence-corrected chi connectivity index (χ2v) is 5.27. The Balaban J connectivity index is 2.31. The van der Waals surface area contributed by atoms with Crippen LogP contribution in [0.4, 0.5) is 5.69 Å². The summed E-state index contributed by atoms with van der Waals surface area (Å²) in [4.78, 5) is 2.38. The number of rotatable bonds is 5. The first-order valence-corrected chi connectivity index (χ1v) is 6.90. The van der Waals surface area contributed by atoms with Gasteiger partial charge < -0.3 is 20.1 Å². The molecule has 0 aromatic heterocycles. The van der Waals surface area contributed by atoms with E-state index in [4.69, 9.17) is 15.2 Å². The summed E-state index contributed by atoms with van der Waals surface area (Å²) in [7, 11) is 1.73. The van der Waals surface area contributed by atoms with Crippen molar-refractivity contribution in [2.24, 2.45) is 5.73 Å². The summed E-state index contributed by atoms with van der Waals surface area (Å²) < 4.78 is 11.0. The molecule has 0 fully saturated rings. The largest absolute Gasteiger partial charge is 0.491 e. The van der Waals surface area contributed by atoms with Crippen LogP contribution < -0.4 is 15.4 Å². The predicted molar refractivity (Wildman–Crippen MR) is 77.9 cm³/mol. The molecular formula is C15H24N2O2. The first kappa shape index (κ1) is 14.2. The van der Waals surface area contributed by atoms with Crippen LogP contribution in [-0.4, -0.2) is 39.0 Å². The molecule has 4 heteroatoms. The fourth-order valence-electron chi connectivity index (χ4n) is 2.56. The van der Waals surface area contributed by atoms with Crippen LogP contribution in [0.5, 0.6) is 5.75 Å². The number of methoxy groups -OCH3 is 1. The number of nitrogens with zero attached hydrogens (tertiary/aromatic N) is 1. The van der Waals surface area contributed by atoms with Gasteiger partial charge in [0.15, 0.2) is 0 Å². The molecule has 0 spiro atoms.